The lowest BCUT2D eigenvalue weighted by atomic mass is 10.0. The lowest BCUT2D eigenvalue weighted by Crippen LogP contribution is -2.57. The van der Waals surface area contributed by atoms with Crippen LogP contribution < -0.4 is 44.6 Å². The van der Waals surface area contributed by atoms with Crippen LogP contribution in [-0.4, -0.2) is 94.0 Å². The van der Waals surface area contributed by atoms with E-state index in [4.69, 9.17) is 33.8 Å². The Morgan fingerprint density at radius 3 is 1.93 bits per heavy atom. The van der Waals surface area contributed by atoms with Gasteiger partial charge in [0.15, 0.2) is 11.9 Å². The molecule has 45 heavy (non-hydrogen) atoms. The van der Waals surface area contributed by atoms with Crippen LogP contribution in [0.1, 0.15) is 37.7 Å². The van der Waals surface area contributed by atoms with E-state index in [2.05, 4.69) is 30.9 Å². The van der Waals surface area contributed by atoms with Crippen LogP contribution in [0.3, 0.4) is 0 Å². The SMILES string of the molecule is NC(N)=NCCCC(N)C(=O)NC(Cc1c[nH]c2ccccc12)C(=O)NC(CCCN=C(N)N)C(=O)NC(CC(=O)O)C(=O)O. The minimum atomic E-state index is -1.76. The number of aromatic nitrogens is 1. The number of aliphatic imine (C=N–C) groups is 2. The number of aliphatic carboxylic acids is 2. The number of fused-ring (bicyclic) bond motifs is 1. The molecule has 0 bridgehead atoms. The van der Waals surface area contributed by atoms with E-state index in [-0.39, 0.29) is 50.7 Å². The maximum Gasteiger partial charge on any atom is 0.326 e. The van der Waals surface area contributed by atoms with Crippen LogP contribution >= 0.6 is 0 Å². The minimum absolute atomic E-state index is 0.00140. The van der Waals surface area contributed by atoms with E-state index in [1.807, 2.05) is 24.3 Å². The van der Waals surface area contributed by atoms with Gasteiger partial charge in [-0.3, -0.25) is 29.2 Å². The molecule has 1 heterocycles. The first kappa shape index (κ1) is 35.8. The third-order valence-electron chi connectivity index (χ3n) is 6.61. The zero-order chi connectivity index (χ0) is 33.5. The van der Waals surface area contributed by atoms with E-state index in [0.717, 1.165) is 10.9 Å². The number of nitrogens with one attached hydrogen (secondary N) is 4. The van der Waals surface area contributed by atoms with Gasteiger partial charge in [-0.15, -0.1) is 0 Å². The van der Waals surface area contributed by atoms with E-state index in [9.17, 15) is 29.1 Å². The van der Waals surface area contributed by atoms with Gasteiger partial charge in [0.1, 0.15) is 18.1 Å². The predicted octanol–water partition coefficient (Wildman–Crippen LogP) is -2.84. The number of carboxylic acids is 2. The fourth-order valence-corrected chi connectivity index (χ4v) is 4.35. The van der Waals surface area contributed by atoms with Gasteiger partial charge >= 0.3 is 11.9 Å². The number of carbonyl (C=O) groups excluding carboxylic acids is 3. The molecule has 1 aromatic heterocycles. The van der Waals surface area contributed by atoms with Gasteiger partial charge in [0, 0.05) is 36.6 Å². The quantitative estimate of drug-likeness (QED) is 0.0424. The summed E-state index contributed by atoms with van der Waals surface area (Å²) in [5.74, 6) is -5.67. The van der Waals surface area contributed by atoms with Crippen molar-refractivity contribution in [1.29, 1.82) is 0 Å². The summed E-state index contributed by atoms with van der Waals surface area (Å²) in [4.78, 5) is 73.3. The number of carboxylic acid groups (broad SMARTS) is 2. The normalized spacial score (nSPS) is 13.4. The summed E-state index contributed by atoms with van der Waals surface area (Å²) >= 11 is 0. The summed E-state index contributed by atoms with van der Waals surface area (Å²) in [5.41, 5.74) is 28.9. The maximum absolute atomic E-state index is 13.7. The third kappa shape index (κ3) is 12.4. The van der Waals surface area contributed by atoms with Crippen molar-refractivity contribution < 1.29 is 34.2 Å². The van der Waals surface area contributed by atoms with E-state index in [1.54, 1.807) is 6.20 Å². The molecular weight excluding hydrogens is 590 g/mol. The monoisotopic (exact) mass is 631 g/mol. The van der Waals surface area contributed by atoms with E-state index >= 15 is 0 Å². The number of carbonyl (C=O) groups is 5. The van der Waals surface area contributed by atoms with Gasteiger partial charge in [-0.25, -0.2) is 4.79 Å². The average molecular weight is 632 g/mol. The molecule has 246 valence electrons. The van der Waals surface area contributed by atoms with Crippen LogP contribution in [0, 0.1) is 0 Å². The summed E-state index contributed by atoms with van der Waals surface area (Å²) in [5, 5.41) is 26.6. The molecule has 18 nitrogen and oxygen atoms in total. The number of aromatic amines is 1. The molecule has 0 spiro atoms. The Hall–Kier alpha value is -5.39. The van der Waals surface area contributed by atoms with Crippen molar-refractivity contribution in [2.75, 3.05) is 13.1 Å². The molecular formula is C27H41N11O7. The van der Waals surface area contributed by atoms with Crippen LogP contribution in [0.15, 0.2) is 40.4 Å². The zero-order valence-electron chi connectivity index (χ0n) is 24.6. The number of nitrogens with two attached hydrogens (primary N) is 5. The highest BCUT2D eigenvalue weighted by Gasteiger charge is 2.31. The summed E-state index contributed by atoms with van der Waals surface area (Å²) < 4.78 is 0. The van der Waals surface area contributed by atoms with Crippen molar-refractivity contribution in [2.45, 2.75) is 62.7 Å². The zero-order valence-corrected chi connectivity index (χ0v) is 24.6. The number of para-hydroxylation sites is 1. The first-order valence-corrected chi connectivity index (χ1v) is 14.1. The first-order valence-electron chi connectivity index (χ1n) is 14.1. The topological polar surface area (TPSA) is 333 Å². The van der Waals surface area contributed by atoms with Gasteiger partial charge in [0.25, 0.3) is 0 Å². The number of H-pyrrole nitrogens is 1. The molecule has 3 amide bonds. The molecule has 0 aliphatic heterocycles. The Morgan fingerprint density at radius 1 is 0.778 bits per heavy atom. The summed E-state index contributed by atoms with van der Waals surface area (Å²) in [6, 6.07) is 1.99. The molecule has 16 N–H and O–H groups in total. The fourth-order valence-electron chi connectivity index (χ4n) is 4.35. The lowest BCUT2D eigenvalue weighted by Gasteiger charge is -2.25. The Bertz CT molecular complexity index is 1400. The Morgan fingerprint density at radius 2 is 1.33 bits per heavy atom. The largest absolute Gasteiger partial charge is 0.481 e. The van der Waals surface area contributed by atoms with Crippen LogP contribution in [0.5, 0.6) is 0 Å². The third-order valence-corrected chi connectivity index (χ3v) is 6.61. The molecule has 2 aromatic rings. The lowest BCUT2D eigenvalue weighted by molar-refractivity contribution is -0.147. The van der Waals surface area contributed by atoms with E-state index < -0.39 is 60.2 Å². The number of nitrogens with zero attached hydrogens (tertiary/aromatic N) is 2. The second kappa shape index (κ2) is 17.7. The van der Waals surface area contributed by atoms with Gasteiger partial charge in [-0.2, -0.15) is 0 Å². The van der Waals surface area contributed by atoms with Crippen molar-refractivity contribution >= 4 is 52.5 Å². The van der Waals surface area contributed by atoms with E-state index in [0.29, 0.717) is 12.0 Å². The molecule has 0 fully saturated rings. The molecule has 1 aromatic carbocycles. The standard InChI is InChI=1S/C27H41N11O7/c28-16(6-3-9-33-26(29)30)22(41)37-19(11-14-13-35-17-7-2-1-5-15(14)17)24(43)36-18(8-4-10-34-27(31)32)23(42)38-20(25(44)45)12-21(39)40/h1-2,5,7,13,16,18-20,35H,3-4,6,8-12,28H2,(H,36,43)(H,37,41)(H,38,42)(H,39,40)(H,44,45)(H4,29,30,33)(H4,31,32,34). The average Bonchev–Trinajstić information content (AvgIpc) is 3.37. The molecule has 2 rings (SSSR count). The maximum atomic E-state index is 13.7. The predicted molar refractivity (Wildman–Crippen MR) is 165 cm³/mol. The highest BCUT2D eigenvalue weighted by atomic mass is 16.4. The molecule has 0 aliphatic carbocycles. The van der Waals surface area contributed by atoms with Gasteiger partial charge < -0.3 is 59.8 Å². The first-order chi connectivity index (χ1) is 21.3. The van der Waals surface area contributed by atoms with Crippen LogP contribution in [0.4, 0.5) is 0 Å². The number of amides is 3. The number of hydrogen-bond acceptors (Lipinski definition) is 8. The summed E-state index contributed by atoms with van der Waals surface area (Å²) in [6.45, 7) is 0.335. The Labute approximate surface area is 258 Å². The molecule has 0 saturated heterocycles. The number of guanidine groups is 2. The van der Waals surface area contributed by atoms with Crippen molar-refractivity contribution in [1.82, 2.24) is 20.9 Å². The van der Waals surface area contributed by atoms with Gasteiger partial charge in [-0.1, -0.05) is 18.2 Å². The van der Waals surface area contributed by atoms with Crippen LogP contribution in [-0.2, 0) is 30.4 Å². The van der Waals surface area contributed by atoms with Crippen molar-refractivity contribution in [3.05, 3.63) is 36.0 Å². The number of hydrogen-bond donors (Lipinski definition) is 11. The van der Waals surface area contributed by atoms with Crippen LogP contribution in [0.2, 0.25) is 0 Å². The summed E-state index contributed by atoms with van der Waals surface area (Å²) in [7, 11) is 0. The minimum Gasteiger partial charge on any atom is -0.481 e. The second-order valence-electron chi connectivity index (χ2n) is 10.2. The number of rotatable bonds is 19. The molecule has 0 aliphatic rings. The second-order valence-corrected chi connectivity index (χ2v) is 10.2. The summed E-state index contributed by atoms with van der Waals surface area (Å²) in [6.07, 6.45) is 1.54. The molecule has 0 radical (unpaired) electrons. The van der Waals surface area contributed by atoms with Crippen LogP contribution in [0.25, 0.3) is 10.9 Å². The van der Waals surface area contributed by atoms with Crippen molar-refractivity contribution in [2.24, 2.45) is 38.7 Å². The van der Waals surface area contributed by atoms with Crippen molar-refractivity contribution in [3.8, 4) is 0 Å². The molecule has 0 saturated carbocycles. The molecule has 4 unspecified atom stereocenters. The fraction of sp³-hybridized carbons (Fsp3) is 0.444. The Kier molecular flexibility index (Phi) is 14.1. The van der Waals surface area contributed by atoms with E-state index in [1.165, 1.54) is 0 Å². The van der Waals surface area contributed by atoms with Gasteiger partial charge in [0.05, 0.1) is 12.5 Å². The smallest absolute Gasteiger partial charge is 0.326 e. The molecule has 4 atom stereocenters. The number of benzene rings is 1. The molecule has 18 heteroatoms. The Balaban J connectivity index is 2.30. The van der Waals surface area contributed by atoms with Gasteiger partial charge in [-0.05, 0) is 37.3 Å². The van der Waals surface area contributed by atoms with Crippen molar-refractivity contribution in [3.63, 3.8) is 0 Å². The highest BCUT2D eigenvalue weighted by Crippen LogP contribution is 2.19. The highest BCUT2D eigenvalue weighted by molar-refractivity contribution is 5.95. The van der Waals surface area contributed by atoms with Gasteiger partial charge in [0.2, 0.25) is 17.7 Å².